The molecule has 2 aromatic rings. The Balaban J connectivity index is 1.46. The monoisotopic (exact) mass is 360 g/mol. The van der Waals surface area contributed by atoms with Crippen LogP contribution in [-0.2, 0) is 16.0 Å². The number of fused-ring (bicyclic) bond motifs is 1. The molecule has 0 aliphatic carbocycles. The zero-order chi connectivity index (χ0) is 18.9. The number of nitrogens with zero attached hydrogens (tertiary/aromatic N) is 2. The van der Waals surface area contributed by atoms with Crippen molar-refractivity contribution < 1.29 is 14.0 Å². The molecule has 1 aromatic heterocycles. The van der Waals surface area contributed by atoms with E-state index in [4.69, 9.17) is 0 Å². The van der Waals surface area contributed by atoms with Gasteiger partial charge in [-0.05, 0) is 45.4 Å². The number of hydrogen-bond acceptors (Lipinski definition) is 3. The molecule has 6 nitrogen and oxygen atoms in total. The first-order valence-corrected chi connectivity index (χ1v) is 8.96. The highest BCUT2D eigenvalue weighted by Gasteiger charge is 2.39. The SMILES string of the molecule is CC(C)(C)N1CC(C(=O)NCCCc2nc3ccc(F)cc3[nH]2)CC1=O. The molecule has 1 aromatic carbocycles. The van der Waals surface area contributed by atoms with Crippen LogP contribution in [0, 0.1) is 11.7 Å². The summed E-state index contributed by atoms with van der Waals surface area (Å²) in [6.45, 7) is 6.92. The molecule has 1 fully saturated rings. The lowest BCUT2D eigenvalue weighted by molar-refractivity contribution is -0.132. The third-order valence-corrected chi connectivity index (χ3v) is 4.69. The number of likely N-dealkylation sites (tertiary alicyclic amines) is 1. The summed E-state index contributed by atoms with van der Waals surface area (Å²) in [5.41, 5.74) is 1.15. The first kappa shape index (κ1) is 18.4. The first-order chi connectivity index (χ1) is 12.2. The van der Waals surface area contributed by atoms with Crippen LogP contribution in [0.3, 0.4) is 0 Å². The first-order valence-electron chi connectivity index (χ1n) is 8.96. The number of amides is 2. The smallest absolute Gasteiger partial charge is 0.225 e. The second-order valence-corrected chi connectivity index (χ2v) is 7.82. The molecule has 1 unspecified atom stereocenters. The molecule has 2 N–H and O–H groups in total. The number of halogens is 1. The summed E-state index contributed by atoms with van der Waals surface area (Å²) < 4.78 is 13.2. The lowest BCUT2D eigenvalue weighted by atomic mass is 10.1. The van der Waals surface area contributed by atoms with Crippen molar-refractivity contribution in [1.29, 1.82) is 0 Å². The fraction of sp³-hybridized carbons (Fsp3) is 0.526. The van der Waals surface area contributed by atoms with Gasteiger partial charge in [-0.2, -0.15) is 0 Å². The van der Waals surface area contributed by atoms with Gasteiger partial charge in [-0.15, -0.1) is 0 Å². The Morgan fingerprint density at radius 3 is 2.88 bits per heavy atom. The average Bonchev–Trinajstić information content (AvgIpc) is 3.13. The van der Waals surface area contributed by atoms with Gasteiger partial charge in [0.25, 0.3) is 0 Å². The topological polar surface area (TPSA) is 78.1 Å². The number of nitrogens with one attached hydrogen (secondary N) is 2. The van der Waals surface area contributed by atoms with Crippen LogP contribution in [0.5, 0.6) is 0 Å². The van der Waals surface area contributed by atoms with E-state index in [9.17, 15) is 14.0 Å². The Morgan fingerprint density at radius 1 is 1.42 bits per heavy atom. The van der Waals surface area contributed by atoms with Crippen LogP contribution >= 0.6 is 0 Å². The molecule has 3 rings (SSSR count). The molecule has 26 heavy (non-hydrogen) atoms. The number of aromatic amines is 1. The molecule has 140 valence electrons. The third kappa shape index (κ3) is 4.03. The fourth-order valence-electron chi connectivity index (χ4n) is 3.30. The molecule has 2 heterocycles. The van der Waals surface area contributed by atoms with E-state index in [1.165, 1.54) is 12.1 Å². The van der Waals surface area contributed by atoms with E-state index in [0.717, 1.165) is 17.8 Å². The van der Waals surface area contributed by atoms with Crippen LogP contribution in [0.25, 0.3) is 11.0 Å². The Morgan fingerprint density at radius 2 is 2.19 bits per heavy atom. The van der Waals surface area contributed by atoms with E-state index in [1.54, 1.807) is 11.0 Å². The zero-order valence-corrected chi connectivity index (χ0v) is 15.4. The van der Waals surface area contributed by atoms with Gasteiger partial charge in [-0.3, -0.25) is 9.59 Å². The molecule has 0 bridgehead atoms. The highest BCUT2D eigenvalue weighted by Crippen LogP contribution is 2.25. The minimum Gasteiger partial charge on any atom is -0.356 e. The molecule has 1 saturated heterocycles. The van der Waals surface area contributed by atoms with Crippen LogP contribution in [0.2, 0.25) is 0 Å². The Hall–Kier alpha value is -2.44. The predicted octanol–water partition coefficient (Wildman–Crippen LogP) is 2.40. The van der Waals surface area contributed by atoms with Crippen LogP contribution in [0.15, 0.2) is 18.2 Å². The normalized spacial score (nSPS) is 17.9. The van der Waals surface area contributed by atoms with Gasteiger partial charge in [0.15, 0.2) is 0 Å². The number of benzene rings is 1. The number of aryl methyl sites for hydroxylation is 1. The Kier molecular flexibility index (Phi) is 4.98. The fourth-order valence-corrected chi connectivity index (χ4v) is 3.30. The van der Waals surface area contributed by atoms with Crippen molar-refractivity contribution in [3.05, 3.63) is 29.8 Å². The molecule has 1 aliphatic rings. The molecule has 0 radical (unpaired) electrons. The van der Waals surface area contributed by atoms with Crippen LogP contribution in [-0.4, -0.2) is 45.3 Å². The molecular formula is C19H25FN4O2. The van der Waals surface area contributed by atoms with Gasteiger partial charge in [-0.1, -0.05) is 0 Å². The van der Waals surface area contributed by atoms with Crippen molar-refractivity contribution in [2.75, 3.05) is 13.1 Å². The molecule has 1 aliphatic heterocycles. The Bertz CT molecular complexity index is 825. The maximum Gasteiger partial charge on any atom is 0.225 e. The molecule has 1 atom stereocenters. The van der Waals surface area contributed by atoms with Crippen molar-refractivity contribution in [1.82, 2.24) is 20.2 Å². The quantitative estimate of drug-likeness (QED) is 0.804. The number of rotatable bonds is 5. The predicted molar refractivity (Wildman–Crippen MR) is 97.0 cm³/mol. The molecular weight excluding hydrogens is 335 g/mol. The van der Waals surface area contributed by atoms with Crippen molar-refractivity contribution in [2.24, 2.45) is 5.92 Å². The summed E-state index contributed by atoms with van der Waals surface area (Å²) in [7, 11) is 0. The number of carbonyl (C=O) groups is 2. The van der Waals surface area contributed by atoms with E-state index in [2.05, 4.69) is 15.3 Å². The standard InChI is InChI=1S/C19H25FN4O2/c1-19(2,3)24-11-12(9-17(24)25)18(26)21-8-4-5-16-22-14-7-6-13(20)10-15(14)23-16/h6-7,10,12H,4-5,8-9,11H2,1-3H3,(H,21,26)(H,22,23). The summed E-state index contributed by atoms with van der Waals surface area (Å²) in [5, 5.41) is 2.91. The number of aromatic nitrogens is 2. The van der Waals surface area contributed by atoms with E-state index in [0.29, 0.717) is 25.0 Å². The van der Waals surface area contributed by atoms with Gasteiger partial charge >= 0.3 is 0 Å². The van der Waals surface area contributed by atoms with Crippen LogP contribution in [0.4, 0.5) is 4.39 Å². The highest BCUT2D eigenvalue weighted by molar-refractivity contribution is 5.89. The summed E-state index contributed by atoms with van der Waals surface area (Å²) >= 11 is 0. The summed E-state index contributed by atoms with van der Waals surface area (Å²) in [6, 6.07) is 4.45. The minimum absolute atomic E-state index is 0.0344. The summed E-state index contributed by atoms with van der Waals surface area (Å²) in [5.74, 6) is 0.157. The lowest BCUT2D eigenvalue weighted by Gasteiger charge is -2.31. The van der Waals surface area contributed by atoms with Gasteiger partial charge in [0, 0.05) is 31.5 Å². The van der Waals surface area contributed by atoms with E-state index in [-0.39, 0.29) is 35.5 Å². The van der Waals surface area contributed by atoms with Crippen molar-refractivity contribution in [3.8, 4) is 0 Å². The maximum atomic E-state index is 13.2. The second-order valence-electron chi connectivity index (χ2n) is 7.82. The van der Waals surface area contributed by atoms with E-state index < -0.39 is 0 Å². The summed E-state index contributed by atoms with van der Waals surface area (Å²) in [6.07, 6.45) is 1.66. The third-order valence-electron chi connectivity index (χ3n) is 4.69. The van der Waals surface area contributed by atoms with Crippen LogP contribution < -0.4 is 5.32 Å². The largest absolute Gasteiger partial charge is 0.356 e. The van der Waals surface area contributed by atoms with Gasteiger partial charge < -0.3 is 15.2 Å². The second kappa shape index (κ2) is 7.05. The minimum atomic E-state index is -0.296. The summed E-state index contributed by atoms with van der Waals surface area (Å²) in [4.78, 5) is 33.6. The number of hydrogen-bond donors (Lipinski definition) is 2. The van der Waals surface area contributed by atoms with Crippen molar-refractivity contribution >= 4 is 22.8 Å². The van der Waals surface area contributed by atoms with E-state index in [1.807, 2.05) is 20.8 Å². The number of imidazole rings is 1. The molecule has 2 amide bonds. The number of H-pyrrole nitrogens is 1. The van der Waals surface area contributed by atoms with Gasteiger partial charge in [0.2, 0.25) is 11.8 Å². The van der Waals surface area contributed by atoms with Gasteiger partial charge in [-0.25, -0.2) is 9.37 Å². The molecule has 0 saturated carbocycles. The number of carbonyl (C=O) groups excluding carboxylic acids is 2. The Labute approximate surface area is 152 Å². The van der Waals surface area contributed by atoms with Crippen molar-refractivity contribution in [2.45, 2.75) is 45.6 Å². The molecule has 0 spiro atoms. The average molecular weight is 360 g/mol. The van der Waals surface area contributed by atoms with Gasteiger partial charge in [0.1, 0.15) is 11.6 Å². The molecule has 7 heteroatoms. The maximum absolute atomic E-state index is 13.2. The highest BCUT2D eigenvalue weighted by atomic mass is 19.1. The van der Waals surface area contributed by atoms with E-state index >= 15 is 0 Å². The van der Waals surface area contributed by atoms with Gasteiger partial charge in [0.05, 0.1) is 17.0 Å². The zero-order valence-electron chi connectivity index (χ0n) is 15.4. The lowest BCUT2D eigenvalue weighted by Crippen LogP contribution is -2.43. The van der Waals surface area contributed by atoms with Crippen LogP contribution in [0.1, 0.15) is 39.4 Å². The van der Waals surface area contributed by atoms with Crippen molar-refractivity contribution in [3.63, 3.8) is 0 Å².